The first-order valence-electron chi connectivity index (χ1n) is 6.36. The Labute approximate surface area is 124 Å². The molecule has 1 atom stereocenters. The van der Waals surface area contributed by atoms with Gasteiger partial charge in [-0.15, -0.1) is 0 Å². The summed E-state index contributed by atoms with van der Waals surface area (Å²) in [6, 6.07) is 6.15. The second-order valence-electron chi connectivity index (χ2n) is 4.46. The quantitative estimate of drug-likeness (QED) is 0.743. The molecule has 0 saturated heterocycles. The maximum absolute atomic E-state index is 5.94. The predicted molar refractivity (Wildman–Crippen MR) is 81.6 cm³/mol. The van der Waals surface area contributed by atoms with Crippen molar-refractivity contribution in [2.75, 3.05) is 41.0 Å². The molecule has 0 aliphatic heterocycles. The summed E-state index contributed by atoms with van der Waals surface area (Å²) in [4.78, 5) is 2.24. The van der Waals surface area contributed by atoms with Crippen molar-refractivity contribution >= 4 is 15.9 Å². The zero-order valence-electron chi connectivity index (χ0n) is 11.9. The molecule has 1 rings (SSSR count). The number of hydrogen-bond acceptors (Lipinski definition) is 4. The molecule has 0 aliphatic carbocycles. The second-order valence-corrected chi connectivity index (χ2v) is 5.38. The molecule has 1 aromatic rings. The molecule has 1 aromatic carbocycles. The first kappa shape index (κ1) is 16.4. The van der Waals surface area contributed by atoms with E-state index >= 15 is 0 Å². The number of likely N-dealkylation sites (N-methyl/N-ethyl adjacent to an activating group) is 1. The van der Waals surface area contributed by atoms with Crippen LogP contribution in [0.2, 0.25) is 0 Å². The largest absolute Gasteiger partial charge is 0.496 e. The van der Waals surface area contributed by atoms with Gasteiger partial charge in [-0.3, -0.25) is 4.90 Å². The summed E-state index contributed by atoms with van der Waals surface area (Å²) in [5.74, 6) is 0.872. The first-order chi connectivity index (χ1) is 9.13. The standard InChI is InChI=1S/C14H23BrN2O2/c1-17(7-4-8-18-2)13(10-16)12-9-11(15)5-6-14(12)19-3/h5-6,9,13H,4,7-8,10,16H2,1-3H3. The number of benzene rings is 1. The van der Waals surface area contributed by atoms with Gasteiger partial charge in [0.25, 0.3) is 0 Å². The molecule has 19 heavy (non-hydrogen) atoms. The Hall–Kier alpha value is -0.620. The van der Waals surface area contributed by atoms with Crippen molar-refractivity contribution in [1.82, 2.24) is 4.90 Å². The van der Waals surface area contributed by atoms with E-state index in [4.69, 9.17) is 15.2 Å². The SMILES string of the molecule is COCCCN(C)C(CN)c1cc(Br)ccc1OC. The number of nitrogens with zero attached hydrogens (tertiary/aromatic N) is 1. The lowest BCUT2D eigenvalue weighted by Gasteiger charge is -2.28. The van der Waals surface area contributed by atoms with Crippen molar-refractivity contribution in [3.8, 4) is 5.75 Å². The van der Waals surface area contributed by atoms with Crippen LogP contribution in [0.1, 0.15) is 18.0 Å². The molecule has 108 valence electrons. The van der Waals surface area contributed by atoms with Gasteiger partial charge in [-0.05, 0) is 31.7 Å². The minimum absolute atomic E-state index is 0.143. The number of rotatable bonds is 8. The Balaban J connectivity index is 2.86. The van der Waals surface area contributed by atoms with E-state index in [1.807, 2.05) is 12.1 Å². The summed E-state index contributed by atoms with van der Waals surface area (Å²) < 4.78 is 11.6. The van der Waals surface area contributed by atoms with Crippen LogP contribution in [0.4, 0.5) is 0 Å². The van der Waals surface area contributed by atoms with Crippen molar-refractivity contribution in [3.63, 3.8) is 0 Å². The van der Waals surface area contributed by atoms with E-state index < -0.39 is 0 Å². The molecule has 0 saturated carbocycles. The van der Waals surface area contributed by atoms with E-state index in [2.05, 4.69) is 33.9 Å². The number of halogens is 1. The van der Waals surface area contributed by atoms with Crippen molar-refractivity contribution in [2.45, 2.75) is 12.5 Å². The average Bonchev–Trinajstić information content (AvgIpc) is 2.40. The highest BCUT2D eigenvalue weighted by Crippen LogP contribution is 2.30. The third kappa shape index (κ3) is 4.76. The summed E-state index contributed by atoms with van der Waals surface area (Å²) in [5.41, 5.74) is 7.05. The minimum Gasteiger partial charge on any atom is -0.496 e. The Bertz CT molecular complexity index is 388. The number of ether oxygens (including phenoxy) is 2. The van der Waals surface area contributed by atoms with E-state index in [9.17, 15) is 0 Å². The second kappa shape index (κ2) is 8.53. The van der Waals surface area contributed by atoms with Crippen molar-refractivity contribution in [3.05, 3.63) is 28.2 Å². The number of nitrogens with two attached hydrogens (primary N) is 1. The lowest BCUT2D eigenvalue weighted by molar-refractivity contribution is 0.165. The Morgan fingerprint density at radius 2 is 2.11 bits per heavy atom. The van der Waals surface area contributed by atoms with E-state index in [1.165, 1.54) is 0 Å². The van der Waals surface area contributed by atoms with Crippen LogP contribution in [0.5, 0.6) is 5.75 Å². The van der Waals surface area contributed by atoms with Crippen molar-refractivity contribution in [1.29, 1.82) is 0 Å². The predicted octanol–water partition coefficient (Wildman–Crippen LogP) is 2.43. The molecule has 4 nitrogen and oxygen atoms in total. The monoisotopic (exact) mass is 330 g/mol. The summed E-state index contributed by atoms with van der Waals surface area (Å²) in [6.45, 7) is 2.25. The zero-order chi connectivity index (χ0) is 14.3. The van der Waals surface area contributed by atoms with Gasteiger partial charge in [0.15, 0.2) is 0 Å². The molecule has 0 aromatic heterocycles. The van der Waals surface area contributed by atoms with Crippen LogP contribution in [-0.4, -0.2) is 45.9 Å². The molecular formula is C14H23BrN2O2. The summed E-state index contributed by atoms with van der Waals surface area (Å²) in [5, 5.41) is 0. The normalized spacial score (nSPS) is 12.7. The van der Waals surface area contributed by atoms with Crippen LogP contribution in [0.15, 0.2) is 22.7 Å². The molecular weight excluding hydrogens is 308 g/mol. The van der Waals surface area contributed by atoms with Gasteiger partial charge in [0, 0.05) is 36.8 Å². The summed E-state index contributed by atoms with van der Waals surface area (Å²) in [7, 11) is 5.48. The zero-order valence-corrected chi connectivity index (χ0v) is 13.4. The van der Waals surface area contributed by atoms with Crippen LogP contribution < -0.4 is 10.5 Å². The maximum Gasteiger partial charge on any atom is 0.123 e. The van der Waals surface area contributed by atoms with E-state index in [0.29, 0.717) is 6.54 Å². The smallest absolute Gasteiger partial charge is 0.123 e. The van der Waals surface area contributed by atoms with Crippen molar-refractivity contribution in [2.24, 2.45) is 5.73 Å². The van der Waals surface area contributed by atoms with Crippen molar-refractivity contribution < 1.29 is 9.47 Å². The highest BCUT2D eigenvalue weighted by molar-refractivity contribution is 9.10. The van der Waals surface area contributed by atoms with Gasteiger partial charge in [0.1, 0.15) is 5.75 Å². The highest BCUT2D eigenvalue weighted by atomic mass is 79.9. The average molecular weight is 331 g/mol. The number of hydrogen-bond donors (Lipinski definition) is 1. The highest BCUT2D eigenvalue weighted by Gasteiger charge is 2.19. The van der Waals surface area contributed by atoms with Gasteiger partial charge in [-0.1, -0.05) is 15.9 Å². The summed E-state index contributed by atoms with van der Waals surface area (Å²) in [6.07, 6.45) is 0.986. The first-order valence-corrected chi connectivity index (χ1v) is 7.16. The Morgan fingerprint density at radius 3 is 2.68 bits per heavy atom. The topological polar surface area (TPSA) is 47.7 Å². The lowest BCUT2D eigenvalue weighted by Crippen LogP contribution is -2.32. The fraction of sp³-hybridized carbons (Fsp3) is 0.571. The third-order valence-electron chi connectivity index (χ3n) is 3.17. The third-order valence-corrected chi connectivity index (χ3v) is 3.66. The van der Waals surface area contributed by atoms with E-state index in [-0.39, 0.29) is 6.04 Å². The Morgan fingerprint density at radius 1 is 1.37 bits per heavy atom. The van der Waals surface area contributed by atoms with Crippen LogP contribution >= 0.6 is 15.9 Å². The van der Waals surface area contributed by atoms with Gasteiger partial charge in [0.05, 0.1) is 13.2 Å². The van der Waals surface area contributed by atoms with Crippen LogP contribution in [0.25, 0.3) is 0 Å². The molecule has 0 heterocycles. The van der Waals surface area contributed by atoms with E-state index in [0.717, 1.165) is 35.4 Å². The molecule has 0 bridgehead atoms. The van der Waals surface area contributed by atoms with Gasteiger partial charge in [-0.25, -0.2) is 0 Å². The molecule has 5 heteroatoms. The molecule has 0 aliphatic rings. The van der Waals surface area contributed by atoms with Crippen LogP contribution in [0.3, 0.4) is 0 Å². The fourth-order valence-corrected chi connectivity index (χ4v) is 2.50. The molecule has 2 N–H and O–H groups in total. The number of methoxy groups -OCH3 is 2. The Kier molecular flexibility index (Phi) is 7.38. The van der Waals surface area contributed by atoms with Gasteiger partial charge in [-0.2, -0.15) is 0 Å². The molecule has 0 spiro atoms. The van der Waals surface area contributed by atoms with Gasteiger partial charge >= 0.3 is 0 Å². The fourth-order valence-electron chi connectivity index (χ4n) is 2.12. The maximum atomic E-state index is 5.94. The minimum atomic E-state index is 0.143. The van der Waals surface area contributed by atoms with E-state index in [1.54, 1.807) is 14.2 Å². The lowest BCUT2D eigenvalue weighted by atomic mass is 10.0. The molecule has 0 amide bonds. The summed E-state index contributed by atoms with van der Waals surface area (Å²) >= 11 is 3.50. The van der Waals surface area contributed by atoms with Gasteiger partial charge in [0.2, 0.25) is 0 Å². The molecule has 0 radical (unpaired) electrons. The molecule has 1 unspecified atom stereocenters. The van der Waals surface area contributed by atoms with Crippen LogP contribution in [-0.2, 0) is 4.74 Å². The van der Waals surface area contributed by atoms with Crippen LogP contribution in [0, 0.1) is 0 Å². The molecule has 0 fully saturated rings. The van der Waals surface area contributed by atoms with Gasteiger partial charge < -0.3 is 15.2 Å².